The molecular weight excluding hydrogens is 275 g/mol. The molecule has 0 fully saturated rings. The maximum absolute atomic E-state index is 12.9. The second-order valence-corrected chi connectivity index (χ2v) is 4.15. The maximum Gasteiger partial charge on any atom is 0.431 e. The number of hydrogen-bond acceptors (Lipinski definition) is 3. The molecule has 0 N–H and O–H groups in total. The van der Waals surface area contributed by atoms with E-state index in [1.54, 1.807) is 0 Å². The Hall–Kier alpha value is -2.18. The summed E-state index contributed by atoms with van der Waals surface area (Å²) in [6.45, 7) is 0. The molecule has 0 amide bonds. The summed E-state index contributed by atoms with van der Waals surface area (Å²) >= 11 is 0. The summed E-state index contributed by atoms with van der Waals surface area (Å²) in [6, 6.07) is 3.42. The van der Waals surface area contributed by atoms with Crippen LogP contribution >= 0.6 is 0 Å². The van der Waals surface area contributed by atoms with Crippen LogP contribution in [0.1, 0.15) is 5.69 Å². The van der Waals surface area contributed by atoms with Crippen LogP contribution in [0.2, 0.25) is 0 Å². The Morgan fingerprint density at radius 1 is 1.15 bits per heavy atom. The number of aryl methyl sites for hydroxylation is 1. The zero-order valence-electron chi connectivity index (χ0n) is 11.0. The SMILES string of the molecule is COc1ccc2c(c1OC)c(=O)cc(C(F)(F)F)n2C. The number of halogens is 3. The number of hydrogen-bond donors (Lipinski definition) is 0. The van der Waals surface area contributed by atoms with Gasteiger partial charge in [0, 0.05) is 13.1 Å². The Labute approximate surface area is 112 Å². The predicted molar refractivity (Wildman–Crippen MR) is 67.3 cm³/mol. The first-order chi connectivity index (χ1) is 9.31. The largest absolute Gasteiger partial charge is 0.493 e. The first kappa shape index (κ1) is 14.2. The van der Waals surface area contributed by atoms with Crippen molar-refractivity contribution in [2.75, 3.05) is 14.2 Å². The van der Waals surface area contributed by atoms with Gasteiger partial charge in [0.15, 0.2) is 16.9 Å². The van der Waals surface area contributed by atoms with Crippen LogP contribution in [0.15, 0.2) is 23.0 Å². The monoisotopic (exact) mass is 287 g/mol. The molecule has 0 saturated carbocycles. The molecule has 0 radical (unpaired) electrons. The summed E-state index contributed by atoms with van der Waals surface area (Å²) in [4.78, 5) is 12.0. The molecule has 0 saturated heterocycles. The van der Waals surface area contributed by atoms with Crippen molar-refractivity contribution < 1.29 is 22.6 Å². The van der Waals surface area contributed by atoms with Gasteiger partial charge in [0.1, 0.15) is 5.69 Å². The number of ether oxygens (including phenoxy) is 2. The summed E-state index contributed by atoms with van der Waals surface area (Å²) in [5, 5.41) is 0.0577. The van der Waals surface area contributed by atoms with Gasteiger partial charge in [-0.3, -0.25) is 4.79 Å². The normalized spacial score (nSPS) is 11.7. The van der Waals surface area contributed by atoms with Gasteiger partial charge in [0.05, 0.1) is 25.1 Å². The lowest BCUT2D eigenvalue weighted by atomic mass is 10.1. The minimum atomic E-state index is -4.60. The first-order valence-corrected chi connectivity index (χ1v) is 5.63. The Morgan fingerprint density at radius 2 is 1.80 bits per heavy atom. The van der Waals surface area contributed by atoms with Crippen LogP contribution in [-0.4, -0.2) is 18.8 Å². The molecule has 0 unspecified atom stereocenters. The molecule has 20 heavy (non-hydrogen) atoms. The topological polar surface area (TPSA) is 40.5 Å². The Kier molecular flexibility index (Phi) is 3.37. The molecular formula is C13H12F3NO3. The van der Waals surface area contributed by atoms with E-state index in [1.807, 2.05) is 0 Å². The molecule has 1 heterocycles. The highest BCUT2D eigenvalue weighted by Crippen LogP contribution is 2.36. The van der Waals surface area contributed by atoms with Gasteiger partial charge in [0.2, 0.25) is 0 Å². The van der Waals surface area contributed by atoms with Gasteiger partial charge < -0.3 is 14.0 Å². The van der Waals surface area contributed by atoms with E-state index in [1.165, 1.54) is 33.4 Å². The van der Waals surface area contributed by atoms with Gasteiger partial charge in [0.25, 0.3) is 0 Å². The van der Waals surface area contributed by atoms with Crippen LogP contribution in [0, 0.1) is 0 Å². The third-order valence-electron chi connectivity index (χ3n) is 3.05. The smallest absolute Gasteiger partial charge is 0.431 e. The average Bonchev–Trinajstić information content (AvgIpc) is 2.39. The molecule has 108 valence electrons. The molecule has 0 bridgehead atoms. The number of pyridine rings is 1. The number of benzene rings is 1. The second kappa shape index (κ2) is 4.73. The minimum Gasteiger partial charge on any atom is -0.493 e. The standard InChI is InChI=1S/C13H12F3NO3/c1-17-7-4-5-9(19-2)12(20-3)11(7)8(18)6-10(17)13(14,15)16/h4-6H,1-3H3. The van der Waals surface area contributed by atoms with Crippen molar-refractivity contribution in [3.05, 3.63) is 34.1 Å². The summed E-state index contributed by atoms with van der Waals surface area (Å²) in [7, 11) is 3.96. The maximum atomic E-state index is 12.9. The lowest BCUT2D eigenvalue weighted by molar-refractivity contribution is -0.143. The second-order valence-electron chi connectivity index (χ2n) is 4.15. The van der Waals surface area contributed by atoms with Crippen molar-refractivity contribution >= 4 is 10.9 Å². The van der Waals surface area contributed by atoms with Crippen molar-refractivity contribution in [3.8, 4) is 11.5 Å². The first-order valence-electron chi connectivity index (χ1n) is 5.63. The number of aromatic nitrogens is 1. The molecule has 1 aromatic heterocycles. The van der Waals surface area contributed by atoms with Gasteiger partial charge in [-0.1, -0.05) is 0 Å². The molecule has 0 aliphatic carbocycles. The summed E-state index contributed by atoms with van der Waals surface area (Å²) in [5.41, 5.74) is -1.65. The lowest BCUT2D eigenvalue weighted by Crippen LogP contribution is -2.19. The van der Waals surface area contributed by atoms with Gasteiger partial charge in [-0.25, -0.2) is 0 Å². The summed E-state index contributed by atoms with van der Waals surface area (Å²) in [6.07, 6.45) is -4.60. The average molecular weight is 287 g/mol. The van der Waals surface area contributed by atoms with Crippen molar-refractivity contribution in [2.45, 2.75) is 6.18 Å². The molecule has 0 spiro atoms. The molecule has 0 atom stereocenters. The Bertz CT molecular complexity index is 719. The lowest BCUT2D eigenvalue weighted by Gasteiger charge is -2.17. The highest BCUT2D eigenvalue weighted by molar-refractivity contribution is 5.88. The molecule has 0 aliphatic heterocycles. The molecule has 7 heteroatoms. The highest BCUT2D eigenvalue weighted by atomic mass is 19.4. The third kappa shape index (κ3) is 2.09. The number of fused-ring (bicyclic) bond motifs is 1. The summed E-state index contributed by atoms with van der Waals surface area (Å²) in [5.74, 6) is 0.413. The van der Waals surface area contributed by atoms with Crippen molar-refractivity contribution in [1.29, 1.82) is 0 Å². The third-order valence-corrected chi connectivity index (χ3v) is 3.05. The molecule has 4 nitrogen and oxygen atoms in total. The number of nitrogens with zero attached hydrogens (tertiary/aromatic N) is 1. The van der Waals surface area contributed by atoms with Crippen LogP contribution in [-0.2, 0) is 13.2 Å². The molecule has 2 rings (SSSR count). The zero-order valence-corrected chi connectivity index (χ0v) is 11.0. The van der Waals surface area contributed by atoms with Crippen molar-refractivity contribution in [2.24, 2.45) is 7.05 Å². The van der Waals surface area contributed by atoms with Crippen LogP contribution in [0.4, 0.5) is 13.2 Å². The van der Waals surface area contributed by atoms with Gasteiger partial charge >= 0.3 is 6.18 Å². The fourth-order valence-corrected chi connectivity index (χ4v) is 2.13. The highest BCUT2D eigenvalue weighted by Gasteiger charge is 2.34. The van der Waals surface area contributed by atoms with E-state index in [0.29, 0.717) is 6.07 Å². The van der Waals surface area contributed by atoms with Crippen LogP contribution in [0.5, 0.6) is 11.5 Å². The molecule has 2 aromatic rings. The predicted octanol–water partition coefficient (Wildman–Crippen LogP) is 2.57. The van der Waals surface area contributed by atoms with E-state index in [0.717, 1.165) is 4.57 Å². The van der Waals surface area contributed by atoms with Crippen molar-refractivity contribution in [3.63, 3.8) is 0 Å². The van der Waals surface area contributed by atoms with E-state index >= 15 is 0 Å². The van der Waals surface area contributed by atoms with Crippen LogP contribution in [0.3, 0.4) is 0 Å². The Balaban J connectivity index is 2.95. The summed E-state index contributed by atoms with van der Waals surface area (Å²) < 4.78 is 49.7. The number of rotatable bonds is 2. The quantitative estimate of drug-likeness (QED) is 0.852. The molecule has 0 aliphatic rings. The van der Waals surface area contributed by atoms with Gasteiger partial charge in [-0.2, -0.15) is 13.2 Å². The fourth-order valence-electron chi connectivity index (χ4n) is 2.13. The van der Waals surface area contributed by atoms with Gasteiger partial charge in [-0.15, -0.1) is 0 Å². The van der Waals surface area contributed by atoms with Crippen molar-refractivity contribution in [1.82, 2.24) is 4.57 Å². The van der Waals surface area contributed by atoms with Crippen LogP contribution in [0.25, 0.3) is 10.9 Å². The van der Waals surface area contributed by atoms with E-state index < -0.39 is 17.3 Å². The molecule has 1 aromatic carbocycles. The Morgan fingerprint density at radius 3 is 2.30 bits per heavy atom. The van der Waals surface area contributed by atoms with E-state index in [9.17, 15) is 18.0 Å². The zero-order chi connectivity index (χ0) is 15.1. The number of alkyl halides is 3. The fraction of sp³-hybridized carbons (Fsp3) is 0.308. The van der Waals surface area contributed by atoms with E-state index in [-0.39, 0.29) is 22.4 Å². The van der Waals surface area contributed by atoms with E-state index in [4.69, 9.17) is 9.47 Å². The van der Waals surface area contributed by atoms with Gasteiger partial charge in [-0.05, 0) is 12.1 Å². The van der Waals surface area contributed by atoms with E-state index in [2.05, 4.69) is 0 Å². The van der Waals surface area contributed by atoms with Crippen LogP contribution < -0.4 is 14.9 Å². The number of methoxy groups -OCH3 is 2. The minimum absolute atomic E-state index is 0.0577.